The fourth-order valence-electron chi connectivity index (χ4n) is 4.16. The predicted octanol–water partition coefficient (Wildman–Crippen LogP) is 3.64. The molecule has 1 aliphatic heterocycles. The second-order valence-electron chi connectivity index (χ2n) is 7.73. The zero-order valence-corrected chi connectivity index (χ0v) is 20.9. The minimum Gasteiger partial charge on any atom is -0.366 e. The van der Waals surface area contributed by atoms with Crippen LogP contribution in [0.15, 0.2) is 52.3 Å². The van der Waals surface area contributed by atoms with Gasteiger partial charge >= 0.3 is 0 Å². The number of rotatable bonds is 4. The topological polar surface area (TPSA) is 29.1 Å². The Balaban J connectivity index is 1.65. The highest BCUT2D eigenvalue weighted by Gasteiger charge is 2.18. The second-order valence-corrected chi connectivity index (χ2v) is 10.9. The lowest BCUT2D eigenvalue weighted by Crippen LogP contribution is -2.32. The fraction of sp³-hybridized carbons (Fsp3) is 0.280. The molecule has 0 spiro atoms. The van der Waals surface area contributed by atoms with Gasteiger partial charge in [0.05, 0.1) is 15.6 Å². The Kier molecular flexibility index (Phi) is 5.97. The quantitative estimate of drug-likeness (QED) is 0.418. The Morgan fingerprint density at radius 1 is 1.06 bits per heavy atom. The van der Waals surface area contributed by atoms with Crippen molar-refractivity contribution in [1.29, 1.82) is 0 Å². The van der Waals surface area contributed by atoms with Crippen molar-refractivity contribution in [3.8, 4) is 0 Å². The summed E-state index contributed by atoms with van der Waals surface area (Å²) in [7, 11) is 2.11. The maximum atomic E-state index is 13.1. The van der Waals surface area contributed by atoms with E-state index in [-0.39, 0.29) is 5.56 Å². The zero-order valence-electron chi connectivity index (χ0n) is 18.5. The van der Waals surface area contributed by atoms with E-state index in [0.717, 1.165) is 33.0 Å². The first-order chi connectivity index (χ1) is 15.6. The molecule has 0 saturated carbocycles. The van der Waals surface area contributed by atoms with Gasteiger partial charge in [-0.05, 0) is 37.5 Å². The lowest BCUT2D eigenvalue weighted by molar-refractivity contribution is -0.642. The van der Waals surface area contributed by atoms with Crippen molar-refractivity contribution < 1.29 is 4.57 Å². The number of fused-ring (bicyclic) bond motifs is 3. The van der Waals surface area contributed by atoms with Crippen molar-refractivity contribution in [1.82, 2.24) is 9.47 Å². The van der Waals surface area contributed by atoms with Gasteiger partial charge in [-0.3, -0.25) is 9.36 Å². The third-order valence-corrected chi connectivity index (χ3v) is 9.33. The summed E-state index contributed by atoms with van der Waals surface area (Å²) in [6, 6.07) is 12.9. The van der Waals surface area contributed by atoms with Gasteiger partial charge in [0, 0.05) is 36.8 Å². The van der Waals surface area contributed by atoms with Crippen molar-refractivity contribution in [3.05, 3.63) is 72.1 Å². The highest BCUT2D eigenvalue weighted by molar-refractivity contribution is 8.03. The van der Waals surface area contributed by atoms with E-state index in [1.54, 1.807) is 22.7 Å². The molecule has 5 rings (SSSR count). The standard InChI is InChI=1S/C25H26N3OS3/c1-4-27-14-15-30-21(27)13-12-20-25(29)28(5-2)23(31-20)16-22-26(3)19-11-10-17-8-6-7-9-18(17)24(19)32-22/h6-13,16H,4-5,14-15H2,1-3H3/q+1/b20-12-,21-13-. The van der Waals surface area contributed by atoms with Crippen molar-refractivity contribution >= 4 is 67.6 Å². The Morgan fingerprint density at radius 3 is 2.72 bits per heavy atom. The van der Waals surface area contributed by atoms with Crippen LogP contribution >= 0.6 is 34.4 Å². The number of thiazole rings is 2. The van der Waals surface area contributed by atoms with E-state index >= 15 is 0 Å². The minimum absolute atomic E-state index is 0.0980. The number of hydrogen-bond donors (Lipinski definition) is 0. The van der Waals surface area contributed by atoms with Gasteiger partial charge in [-0.25, -0.2) is 0 Å². The van der Waals surface area contributed by atoms with Crippen molar-refractivity contribution in [2.45, 2.75) is 20.4 Å². The highest BCUT2D eigenvalue weighted by Crippen LogP contribution is 2.29. The van der Waals surface area contributed by atoms with E-state index in [2.05, 4.69) is 72.0 Å². The summed E-state index contributed by atoms with van der Waals surface area (Å²) in [6.07, 6.45) is 6.29. The number of aryl methyl sites for hydroxylation is 1. The first-order valence-electron chi connectivity index (χ1n) is 10.9. The Hall–Kier alpha value is -2.35. The molecule has 7 heteroatoms. The number of allylic oxidation sites excluding steroid dienone is 1. The maximum absolute atomic E-state index is 13.1. The summed E-state index contributed by atoms with van der Waals surface area (Å²) >= 11 is 5.23. The molecule has 3 heterocycles. The molecule has 2 aromatic heterocycles. The van der Waals surface area contributed by atoms with Crippen LogP contribution in [0.5, 0.6) is 0 Å². The van der Waals surface area contributed by atoms with Gasteiger partial charge in [-0.2, -0.15) is 4.57 Å². The summed E-state index contributed by atoms with van der Waals surface area (Å²) in [5, 5.41) is 4.94. The molecule has 4 nitrogen and oxygen atoms in total. The van der Waals surface area contributed by atoms with E-state index < -0.39 is 0 Å². The van der Waals surface area contributed by atoms with Crippen molar-refractivity contribution in [3.63, 3.8) is 0 Å². The van der Waals surface area contributed by atoms with E-state index in [9.17, 15) is 4.79 Å². The van der Waals surface area contributed by atoms with Gasteiger partial charge in [-0.15, -0.1) is 23.1 Å². The third kappa shape index (κ3) is 3.72. The SMILES string of the molecule is CCN1CCS/C1=C\C=c1/s/c(=C\c2sc3c4ccccc4ccc3[n+]2C)n(CC)c1=O. The molecule has 1 aliphatic rings. The van der Waals surface area contributed by atoms with E-state index in [1.807, 2.05) is 29.3 Å². The normalized spacial score (nSPS) is 17.0. The number of hydrogen-bond acceptors (Lipinski definition) is 5. The largest absolute Gasteiger partial charge is 0.366 e. The van der Waals surface area contributed by atoms with E-state index in [4.69, 9.17) is 0 Å². The van der Waals surface area contributed by atoms with Gasteiger partial charge in [-0.1, -0.05) is 35.6 Å². The average Bonchev–Trinajstić information content (AvgIpc) is 3.48. The van der Waals surface area contributed by atoms with Gasteiger partial charge in [0.2, 0.25) is 5.52 Å². The van der Waals surface area contributed by atoms with Crippen LogP contribution in [0.25, 0.3) is 33.1 Å². The van der Waals surface area contributed by atoms with Crippen LogP contribution in [0, 0.1) is 0 Å². The molecule has 0 N–H and O–H groups in total. The van der Waals surface area contributed by atoms with Crippen LogP contribution < -0.4 is 19.3 Å². The van der Waals surface area contributed by atoms with E-state index in [1.165, 1.54) is 26.0 Å². The van der Waals surface area contributed by atoms with Crippen LogP contribution in [0.2, 0.25) is 0 Å². The van der Waals surface area contributed by atoms with Crippen LogP contribution in [0.4, 0.5) is 0 Å². The zero-order chi connectivity index (χ0) is 22.2. The monoisotopic (exact) mass is 480 g/mol. The predicted molar refractivity (Wildman–Crippen MR) is 140 cm³/mol. The molecule has 1 saturated heterocycles. The summed E-state index contributed by atoms with van der Waals surface area (Å²) in [5.41, 5.74) is 1.32. The average molecular weight is 481 g/mol. The van der Waals surface area contributed by atoms with Crippen molar-refractivity contribution in [2.24, 2.45) is 7.05 Å². The second kappa shape index (κ2) is 8.89. The summed E-state index contributed by atoms with van der Waals surface area (Å²) in [4.78, 5) is 15.4. The molecule has 0 amide bonds. The first-order valence-corrected chi connectivity index (χ1v) is 13.5. The number of benzene rings is 2. The smallest absolute Gasteiger partial charge is 0.269 e. The van der Waals surface area contributed by atoms with Gasteiger partial charge in [0.1, 0.15) is 16.4 Å². The summed E-state index contributed by atoms with van der Waals surface area (Å²) < 4.78 is 7.20. The lowest BCUT2D eigenvalue weighted by atomic mass is 10.1. The molecule has 4 aromatic rings. The molecule has 0 atom stereocenters. The van der Waals surface area contributed by atoms with Crippen LogP contribution in [0.1, 0.15) is 18.9 Å². The summed E-state index contributed by atoms with van der Waals surface area (Å²) in [6.45, 7) is 6.97. The van der Waals surface area contributed by atoms with Crippen LogP contribution in [0.3, 0.4) is 0 Å². The molecular formula is C25H26N3OS3+. The fourth-order valence-corrected chi connectivity index (χ4v) is 7.59. The molecule has 0 radical (unpaired) electrons. The van der Waals surface area contributed by atoms with Crippen LogP contribution in [-0.2, 0) is 13.6 Å². The van der Waals surface area contributed by atoms with Crippen LogP contribution in [-0.4, -0.2) is 28.3 Å². The number of nitrogens with zero attached hydrogens (tertiary/aromatic N) is 3. The lowest BCUT2D eigenvalue weighted by Gasteiger charge is -2.14. The first kappa shape index (κ1) is 21.5. The van der Waals surface area contributed by atoms with E-state index in [0.29, 0.717) is 6.54 Å². The molecule has 0 aliphatic carbocycles. The Morgan fingerprint density at radius 2 is 1.91 bits per heavy atom. The molecule has 0 bridgehead atoms. The molecule has 1 fully saturated rings. The molecule has 0 unspecified atom stereocenters. The minimum atomic E-state index is 0.0980. The molecule has 164 valence electrons. The van der Waals surface area contributed by atoms with Gasteiger partial charge in [0.25, 0.3) is 10.6 Å². The molecule has 2 aromatic carbocycles. The third-order valence-electron chi connectivity index (χ3n) is 5.94. The Bertz CT molecular complexity index is 1520. The number of aromatic nitrogens is 2. The maximum Gasteiger partial charge on any atom is 0.269 e. The van der Waals surface area contributed by atoms with Gasteiger partial charge in [0.15, 0.2) is 0 Å². The molecule has 32 heavy (non-hydrogen) atoms. The van der Waals surface area contributed by atoms with Gasteiger partial charge < -0.3 is 4.90 Å². The Labute approximate surface area is 199 Å². The summed E-state index contributed by atoms with van der Waals surface area (Å²) in [5.74, 6) is 1.12. The molecular weight excluding hydrogens is 454 g/mol. The number of thioether (sulfide) groups is 1. The van der Waals surface area contributed by atoms with Crippen molar-refractivity contribution in [2.75, 3.05) is 18.8 Å². The highest BCUT2D eigenvalue weighted by atomic mass is 32.2.